The third-order valence-electron chi connectivity index (χ3n) is 2.93. The summed E-state index contributed by atoms with van der Waals surface area (Å²) in [7, 11) is 0. The molecule has 0 N–H and O–H groups in total. The Labute approximate surface area is 106 Å². The average molecular weight is 238 g/mol. The van der Waals surface area contributed by atoms with Crippen molar-refractivity contribution in [3.05, 3.63) is 54.8 Å². The first-order chi connectivity index (χ1) is 8.86. The molecule has 0 fully saturated rings. The van der Waals surface area contributed by atoms with Gasteiger partial charge in [0.1, 0.15) is 11.5 Å². The molecule has 2 aromatic carbocycles. The number of ether oxygens (including phenoxy) is 1. The van der Waals surface area contributed by atoms with E-state index in [1.165, 1.54) is 10.8 Å². The van der Waals surface area contributed by atoms with E-state index in [1.807, 2.05) is 25.1 Å². The van der Waals surface area contributed by atoms with Gasteiger partial charge >= 0.3 is 0 Å². The minimum Gasteiger partial charge on any atom is -0.494 e. The first-order valence-electron chi connectivity index (χ1n) is 6.07. The van der Waals surface area contributed by atoms with Gasteiger partial charge in [-0.3, -0.25) is 0 Å². The summed E-state index contributed by atoms with van der Waals surface area (Å²) in [6.45, 7) is 2.68. The summed E-state index contributed by atoms with van der Waals surface area (Å²) in [5.41, 5.74) is 1.09. The van der Waals surface area contributed by atoms with Gasteiger partial charge in [-0.25, -0.2) is 0 Å². The van der Waals surface area contributed by atoms with Crippen molar-refractivity contribution in [2.24, 2.45) is 0 Å². The fourth-order valence-corrected chi connectivity index (χ4v) is 2.08. The molecule has 0 bridgehead atoms. The number of rotatable bonds is 3. The van der Waals surface area contributed by atoms with Crippen LogP contribution in [-0.4, -0.2) is 6.61 Å². The number of hydrogen-bond donors (Lipinski definition) is 0. The summed E-state index contributed by atoms with van der Waals surface area (Å²) in [4.78, 5) is 0. The Morgan fingerprint density at radius 2 is 1.83 bits per heavy atom. The van der Waals surface area contributed by atoms with E-state index < -0.39 is 0 Å². The van der Waals surface area contributed by atoms with E-state index in [9.17, 15) is 0 Å². The van der Waals surface area contributed by atoms with Gasteiger partial charge in [0.2, 0.25) is 0 Å². The molecule has 0 atom stereocenters. The second-order valence-electron chi connectivity index (χ2n) is 4.13. The van der Waals surface area contributed by atoms with Gasteiger partial charge in [0.05, 0.1) is 12.9 Å². The van der Waals surface area contributed by atoms with Crippen LogP contribution in [0.4, 0.5) is 0 Å². The number of hydrogen-bond acceptors (Lipinski definition) is 2. The Hall–Kier alpha value is -2.22. The van der Waals surface area contributed by atoms with E-state index in [0.717, 1.165) is 17.1 Å². The summed E-state index contributed by atoms with van der Waals surface area (Å²) >= 11 is 0. The maximum Gasteiger partial charge on any atom is 0.133 e. The zero-order chi connectivity index (χ0) is 12.4. The molecule has 2 heteroatoms. The van der Waals surface area contributed by atoms with Crippen molar-refractivity contribution < 1.29 is 9.15 Å². The first kappa shape index (κ1) is 10.9. The van der Waals surface area contributed by atoms with Crippen LogP contribution in [0, 0.1) is 0 Å². The molecule has 1 heterocycles. The zero-order valence-corrected chi connectivity index (χ0v) is 10.2. The highest BCUT2D eigenvalue weighted by molar-refractivity contribution is 5.87. The number of benzene rings is 2. The molecule has 3 rings (SSSR count). The summed E-state index contributed by atoms with van der Waals surface area (Å²) in [5.74, 6) is 1.81. The maximum absolute atomic E-state index is 5.50. The highest BCUT2D eigenvalue weighted by Gasteiger charge is 2.03. The Bertz CT molecular complexity index is 654. The lowest BCUT2D eigenvalue weighted by molar-refractivity contribution is 0.341. The molecule has 0 spiro atoms. The smallest absolute Gasteiger partial charge is 0.133 e. The monoisotopic (exact) mass is 238 g/mol. The summed E-state index contributed by atoms with van der Waals surface area (Å²) in [6.07, 6.45) is 1.69. The van der Waals surface area contributed by atoms with Crippen molar-refractivity contribution >= 4 is 10.8 Å². The van der Waals surface area contributed by atoms with Crippen molar-refractivity contribution in [3.63, 3.8) is 0 Å². The second-order valence-corrected chi connectivity index (χ2v) is 4.13. The molecule has 1 aromatic heterocycles. The predicted molar refractivity (Wildman–Crippen MR) is 72.8 cm³/mol. The molecule has 0 aliphatic carbocycles. The third kappa shape index (κ3) is 1.97. The minimum absolute atomic E-state index is 0.690. The van der Waals surface area contributed by atoms with Gasteiger partial charge in [-0.1, -0.05) is 18.2 Å². The Balaban J connectivity index is 2.06. The molecule has 18 heavy (non-hydrogen) atoms. The molecule has 0 aliphatic rings. The predicted octanol–water partition coefficient (Wildman–Crippen LogP) is 4.50. The zero-order valence-electron chi connectivity index (χ0n) is 10.2. The lowest BCUT2D eigenvalue weighted by Gasteiger charge is -2.05. The van der Waals surface area contributed by atoms with Crippen LogP contribution < -0.4 is 4.74 Å². The van der Waals surface area contributed by atoms with E-state index in [4.69, 9.17) is 9.15 Å². The summed E-state index contributed by atoms with van der Waals surface area (Å²) < 4.78 is 10.9. The lowest BCUT2D eigenvalue weighted by atomic mass is 10.1. The van der Waals surface area contributed by atoms with Crippen LogP contribution in [0.15, 0.2) is 59.2 Å². The maximum atomic E-state index is 5.50. The third-order valence-corrected chi connectivity index (χ3v) is 2.93. The van der Waals surface area contributed by atoms with E-state index in [-0.39, 0.29) is 0 Å². The van der Waals surface area contributed by atoms with Crippen LogP contribution >= 0.6 is 0 Å². The van der Waals surface area contributed by atoms with Gasteiger partial charge in [0, 0.05) is 5.56 Å². The molecule has 90 valence electrons. The van der Waals surface area contributed by atoms with Gasteiger partial charge in [-0.15, -0.1) is 0 Å². The quantitative estimate of drug-likeness (QED) is 0.670. The molecule has 0 unspecified atom stereocenters. The fraction of sp³-hybridized carbons (Fsp3) is 0.125. The highest BCUT2D eigenvalue weighted by atomic mass is 16.5. The van der Waals surface area contributed by atoms with Gasteiger partial charge in [-0.2, -0.15) is 0 Å². The Morgan fingerprint density at radius 3 is 2.61 bits per heavy atom. The largest absolute Gasteiger partial charge is 0.494 e. The van der Waals surface area contributed by atoms with E-state index >= 15 is 0 Å². The van der Waals surface area contributed by atoms with Gasteiger partial charge < -0.3 is 9.15 Å². The fourth-order valence-electron chi connectivity index (χ4n) is 2.08. The SMILES string of the molecule is CCOc1ccc2cc(-c3ccco3)ccc2c1. The van der Waals surface area contributed by atoms with Gasteiger partial charge in [0.25, 0.3) is 0 Å². The van der Waals surface area contributed by atoms with Crippen LogP contribution in [0.1, 0.15) is 6.92 Å². The van der Waals surface area contributed by atoms with Gasteiger partial charge in [0.15, 0.2) is 0 Å². The van der Waals surface area contributed by atoms with Crippen molar-refractivity contribution in [3.8, 4) is 17.1 Å². The molecule has 0 saturated heterocycles. The molecule has 2 nitrogen and oxygen atoms in total. The van der Waals surface area contributed by atoms with Crippen molar-refractivity contribution in [1.82, 2.24) is 0 Å². The number of furan rings is 1. The van der Waals surface area contributed by atoms with Gasteiger partial charge in [-0.05, 0) is 48.0 Å². The molecule has 0 radical (unpaired) electrons. The van der Waals surface area contributed by atoms with Crippen LogP contribution in [0.3, 0.4) is 0 Å². The normalized spacial score (nSPS) is 10.7. The van der Waals surface area contributed by atoms with E-state index in [0.29, 0.717) is 6.61 Å². The first-order valence-corrected chi connectivity index (χ1v) is 6.07. The van der Waals surface area contributed by atoms with E-state index in [2.05, 4.69) is 30.3 Å². The molecule has 0 amide bonds. The minimum atomic E-state index is 0.690. The summed E-state index contributed by atoms with van der Waals surface area (Å²) in [6, 6.07) is 16.3. The Kier molecular flexibility index (Phi) is 2.77. The van der Waals surface area contributed by atoms with E-state index in [1.54, 1.807) is 6.26 Å². The second kappa shape index (κ2) is 4.57. The van der Waals surface area contributed by atoms with Crippen molar-refractivity contribution in [1.29, 1.82) is 0 Å². The van der Waals surface area contributed by atoms with Crippen molar-refractivity contribution in [2.75, 3.05) is 6.61 Å². The van der Waals surface area contributed by atoms with Crippen LogP contribution in [0.2, 0.25) is 0 Å². The topological polar surface area (TPSA) is 22.4 Å². The molecule has 3 aromatic rings. The standard InChI is InChI=1S/C16H14O2/c1-2-17-15-8-7-12-10-14(6-5-13(12)11-15)16-4-3-9-18-16/h3-11H,2H2,1H3. The molecular weight excluding hydrogens is 224 g/mol. The van der Waals surface area contributed by atoms with Crippen LogP contribution in [0.5, 0.6) is 5.75 Å². The summed E-state index contributed by atoms with van der Waals surface area (Å²) in [5, 5.41) is 2.36. The lowest BCUT2D eigenvalue weighted by Crippen LogP contribution is -1.90. The average Bonchev–Trinajstić information content (AvgIpc) is 2.92. The van der Waals surface area contributed by atoms with Crippen LogP contribution in [0.25, 0.3) is 22.1 Å². The Morgan fingerprint density at radius 1 is 1.00 bits per heavy atom. The van der Waals surface area contributed by atoms with Crippen molar-refractivity contribution in [2.45, 2.75) is 6.92 Å². The molecular formula is C16H14O2. The molecule has 0 aliphatic heterocycles. The number of fused-ring (bicyclic) bond motifs is 1. The molecule has 0 saturated carbocycles. The highest BCUT2D eigenvalue weighted by Crippen LogP contribution is 2.27. The van der Waals surface area contributed by atoms with Crippen LogP contribution in [-0.2, 0) is 0 Å².